The molecule has 134 valence electrons. The Morgan fingerprint density at radius 1 is 1.32 bits per heavy atom. The Labute approximate surface area is 148 Å². The van der Waals surface area contributed by atoms with Gasteiger partial charge in [-0.15, -0.1) is 0 Å². The maximum atomic E-state index is 12.4. The summed E-state index contributed by atoms with van der Waals surface area (Å²) in [6.07, 6.45) is 1.28. The minimum atomic E-state index is -0.530. The summed E-state index contributed by atoms with van der Waals surface area (Å²) < 4.78 is 7.53. The normalized spacial score (nSPS) is 14.9. The van der Waals surface area contributed by atoms with Gasteiger partial charge < -0.3 is 14.7 Å². The van der Waals surface area contributed by atoms with Crippen LogP contribution in [0.15, 0.2) is 36.4 Å². The second-order valence-corrected chi connectivity index (χ2v) is 6.29. The maximum Gasteiger partial charge on any atom is 0.223 e. The highest BCUT2D eigenvalue weighted by Gasteiger charge is 2.23. The predicted molar refractivity (Wildman–Crippen MR) is 94.1 cm³/mol. The number of aromatic nitrogens is 2. The van der Waals surface area contributed by atoms with Crippen LogP contribution in [0.3, 0.4) is 0 Å². The Bertz CT molecular complexity index is 699. The van der Waals surface area contributed by atoms with Gasteiger partial charge >= 0.3 is 0 Å². The molecule has 25 heavy (non-hydrogen) atoms. The van der Waals surface area contributed by atoms with Crippen LogP contribution in [0, 0.1) is 0 Å². The van der Waals surface area contributed by atoms with Crippen LogP contribution in [0.1, 0.15) is 43.7 Å². The SMILES string of the molecule is CC[C@@H](O)c1cc2n(n1)CCN(C(=O)CCCOc1ccccc1)C2. The van der Waals surface area contributed by atoms with Crippen LogP contribution in [-0.4, -0.2) is 38.8 Å². The summed E-state index contributed by atoms with van der Waals surface area (Å²) in [6.45, 7) is 4.36. The molecule has 6 nitrogen and oxygen atoms in total. The van der Waals surface area contributed by atoms with Crippen molar-refractivity contribution < 1.29 is 14.6 Å². The molecule has 1 atom stereocenters. The van der Waals surface area contributed by atoms with Gasteiger partial charge in [0.05, 0.1) is 37.2 Å². The Morgan fingerprint density at radius 3 is 2.88 bits per heavy atom. The van der Waals surface area contributed by atoms with E-state index in [4.69, 9.17) is 4.74 Å². The maximum absolute atomic E-state index is 12.4. The molecule has 0 saturated heterocycles. The van der Waals surface area contributed by atoms with Crippen molar-refractivity contribution in [3.63, 3.8) is 0 Å². The van der Waals surface area contributed by atoms with Gasteiger partial charge in [-0.3, -0.25) is 9.48 Å². The molecule has 1 N–H and O–H groups in total. The highest BCUT2D eigenvalue weighted by molar-refractivity contribution is 5.76. The fourth-order valence-electron chi connectivity index (χ4n) is 2.96. The Kier molecular flexibility index (Phi) is 5.71. The summed E-state index contributed by atoms with van der Waals surface area (Å²) in [5.74, 6) is 0.973. The second kappa shape index (κ2) is 8.16. The first-order valence-corrected chi connectivity index (χ1v) is 8.87. The summed E-state index contributed by atoms with van der Waals surface area (Å²) in [6, 6.07) is 11.5. The number of carbonyl (C=O) groups is 1. The number of amides is 1. The molecule has 1 aliphatic heterocycles. The van der Waals surface area contributed by atoms with Gasteiger partial charge in [0, 0.05) is 13.0 Å². The number of nitrogens with zero attached hydrogens (tertiary/aromatic N) is 3. The number of aliphatic hydroxyl groups excluding tert-OH is 1. The van der Waals surface area contributed by atoms with Crippen molar-refractivity contribution in [2.24, 2.45) is 0 Å². The van der Waals surface area contributed by atoms with Gasteiger partial charge in [-0.25, -0.2) is 0 Å². The van der Waals surface area contributed by atoms with Gasteiger partial charge in [-0.2, -0.15) is 5.10 Å². The topological polar surface area (TPSA) is 67.6 Å². The van der Waals surface area contributed by atoms with Crippen LogP contribution in [-0.2, 0) is 17.9 Å². The lowest BCUT2D eigenvalue weighted by atomic mass is 10.2. The monoisotopic (exact) mass is 343 g/mol. The average molecular weight is 343 g/mol. The minimum absolute atomic E-state index is 0.140. The third-order valence-corrected chi connectivity index (χ3v) is 4.44. The first-order chi connectivity index (χ1) is 12.2. The molecule has 1 amide bonds. The number of ether oxygens (including phenoxy) is 1. The van der Waals surface area contributed by atoms with E-state index in [1.54, 1.807) is 0 Å². The van der Waals surface area contributed by atoms with Gasteiger partial charge in [0.1, 0.15) is 5.75 Å². The number of benzene rings is 1. The van der Waals surface area contributed by atoms with E-state index < -0.39 is 6.10 Å². The minimum Gasteiger partial charge on any atom is -0.494 e. The Balaban J connectivity index is 1.46. The van der Waals surface area contributed by atoms with Crippen LogP contribution >= 0.6 is 0 Å². The van der Waals surface area contributed by atoms with Crippen molar-refractivity contribution in [1.29, 1.82) is 0 Å². The van der Waals surface area contributed by atoms with Gasteiger partial charge in [0.2, 0.25) is 5.91 Å². The highest BCUT2D eigenvalue weighted by atomic mass is 16.5. The standard InChI is InChI=1S/C19H25N3O3/c1-2-18(23)17-13-15-14-21(10-11-22(15)20-17)19(24)9-6-12-25-16-7-4-3-5-8-16/h3-5,7-8,13,18,23H,2,6,9-12,14H2,1H3/t18-/m1/s1. The lowest BCUT2D eigenvalue weighted by molar-refractivity contribution is -0.132. The second-order valence-electron chi connectivity index (χ2n) is 6.29. The molecule has 0 radical (unpaired) electrons. The van der Waals surface area contributed by atoms with Crippen molar-refractivity contribution in [2.75, 3.05) is 13.2 Å². The first kappa shape index (κ1) is 17.5. The summed E-state index contributed by atoms with van der Waals surface area (Å²) in [5, 5.41) is 14.4. The van der Waals surface area contributed by atoms with Crippen LogP contribution in [0.25, 0.3) is 0 Å². The fraction of sp³-hybridized carbons (Fsp3) is 0.474. The van der Waals surface area contributed by atoms with Crippen LogP contribution in [0.5, 0.6) is 5.75 Å². The van der Waals surface area contributed by atoms with Gasteiger partial charge in [0.25, 0.3) is 0 Å². The van der Waals surface area contributed by atoms with E-state index >= 15 is 0 Å². The molecule has 3 rings (SSSR count). The number of para-hydroxylation sites is 1. The lowest BCUT2D eigenvalue weighted by Crippen LogP contribution is -2.38. The smallest absolute Gasteiger partial charge is 0.223 e. The third-order valence-electron chi connectivity index (χ3n) is 4.44. The van der Waals surface area contributed by atoms with E-state index in [-0.39, 0.29) is 5.91 Å². The molecule has 0 saturated carbocycles. The lowest BCUT2D eigenvalue weighted by Gasteiger charge is -2.27. The van der Waals surface area contributed by atoms with E-state index in [0.29, 0.717) is 51.2 Å². The van der Waals surface area contributed by atoms with Gasteiger partial charge in [-0.05, 0) is 31.0 Å². The summed E-state index contributed by atoms with van der Waals surface area (Å²) in [4.78, 5) is 14.3. The number of hydrogen-bond acceptors (Lipinski definition) is 4. The Hall–Kier alpha value is -2.34. The molecule has 1 aromatic heterocycles. The molecule has 0 bridgehead atoms. The van der Waals surface area contributed by atoms with Crippen LogP contribution < -0.4 is 4.74 Å². The third kappa shape index (κ3) is 4.39. The van der Waals surface area contributed by atoms with E-state index in [1.165, 1.54) is 0 Å². The molecule has 2 aromatic rings. The van der Waals surface area contributed by atoms with Crippen molar-refractivity contribution >= 4 is 5.91 Å². The number of fused-ring (bicyclic) bond motifs is 1. The molecule has 0 fully saturated rings. The van der Waals surface area contributed by atoms with Crippen molar-refractivity contribution in [3.8, 4) is 5.75 Å². The van der Waals surface area contributed by atoms with Gasteiger partial charge in [-0.1, -0.05) is 25.1 Å². The average Bonchev–Trinajstić information content (AvgIpc) is 3.08. The molecule has 0 unspecified atom stereocenters. The molecule has 2 heterocycles. The fourth-order valence-corrected chi connectivity index (χ4v) is 2.96. The predicted octanol–water partition coefficient (Wildman–Crippen LogP) is 2.53. The molecule has 0 aliphatic carbocycles. The molecule has 1 aliphatic rings. The molecular weight excluding hydrogens is 318 g/mol. The van der Waals surface area contributed by atoms with Crippen LogP contribution in [0.4, 0.5) is 0 Å². The molecule has 1 aromatic carbocycles. The highest BCUT2D eigenvalue weighted by Crippen LogP contribution is 2.20. The van der Waals surface area contributed by atoms with Crippen molar-refractivity contribution in [2.45, 2.75) is 45.4 Å². The summed E-state index contributed by atoms with van der Waals surface area (Å²) in [7, 11) is 0. The van der Waals surface area contributed by atoms with Gasteiger partial charge in [0.15, 0.2) is 0 Å². The number of carbonyl (C=O) groups excluding carboxylic acids is 1. The number of aliphatic hydroxyl groups is 1. The van der Waals surface area contributed by atoms with E-state index in [9.17, 15) is 9.90 Å². The van der Waals surface area contributed by atoms with Crippen LogP contribution in [0.2, 0.25) is 0 Å². The Morgan fingerprint density at radius 2 is 2.12 bits per heavy atom. The zero-order valence-electron chi connectivity index (χ0n) is 14.6. The molecule has 6 heteroatoms. The largest absolute Gasteiger partial charge is 0.494 e. The first-order valence-electron chi connectivity index (χ1n) is 8.87. The van der Waals surface area contributed by atoms with Crippen molar-refractivity contribution in [3.05, 3.63) is 47.8 Å². The van der Waals surface area contributed by atoms with E-state index in [2.05, 4.69) is 5.10 Å². The number of rotatable bonds is 7. The van der Waals surface area contributed by atoms with E-state index in [1.807, 2.05) is 52.9 Å². The summed E-state index contributed by atoms with van der Waals surface area (Å²) in [5.41, 5.74) is 1.69. The zero-order valence-corrected chi connectivity index (χ0v) is 14.6. The zero-order chi connectivity index (χ0) is 17.6. The molecule has 0 spiro atoms. The number of hydrogen-bond donors (Lipinski definition) is 1. The molecular formula is C19H25N3O3. The van der Waals surface area contributed by atoms with E-state index in [0.717, 1.165) is 11.4 Å². The summed E-state index contributed by atoms with van der Waals surface area (Å²) >= 11 is 0. The quantitative estimate of drug-likeness (QED) is 0.785. The van der Waals surface area contributed by atoms with Crippen molar-refractivity contribution in [1.82, 2.24) is 14.7 Å².